The van der Waals surface area contributed by atoms with Crippen molar-refractivity contribution in [3.8, 4) is 0 Å². The molecule has 23 heavy (non-hydrogen) atoms. The van der Waals surface area contributed by atoms with Gasteiger partial charge in [0.15, 0.2) is 5.03 Å². The van der Waals surface area contributed by atoms with E-state index in [9.17, 15) is 18.5 Å². The maximum Gasteiger partial charge on any atom is 0.269 e. The van der Waals surface area contributed by atoms with Crippen LogP contribution in [0.1, 0.15) is 31.2 Å². The lowest BCUT2D eigenvalue weighted by Crippen LogP contribution is -2.26. The van der Waals surface area contributed by atoms with E-state index in [0.717, 1.165) is 5.56 Å². The van der Waals surface area contributed by atoms with Crippen molar-refractivity contribution < 1.29 is 13.3 Å². The standard InChI is InChI=1S/C14H18N4O4S/c1-10(2)14-15-9-13(17-14)23(21,22)16-8-7-11-3-5-12(6-4-11)18(19)20/h3-6,9-10,16H,7-8H2,1-2H3,(H,15,17). The maximum atomic E-state index is 12.1. The van der Waals surface area contributed by atoms with E-state index >= 15 is 0 Å². The smallest absolute Gasteiger partial charge is 0.269 e. The summed E-state index contributed by atoms with van der Waals surface area (Å²) in [5.41, 5.74) is 0.818. The van der Waals surface area contributed by atoms with E-state index in [1.807, 2.05) is 13.8 Å². The van der Waals surface area contributed by atoms with Gasteiger partial charge in [-0.05, 0) is 12.0 Å². The average molecular weight is 338 g/mol. The van der Waals surface area contributed by atoms with Crippen molar-refractivity contribution in [1.29, 1.82) is 0 Å². The molecule has 0 amide bonds. The lowest BCUT2D eigenvalue weighted by atomic mass is 10.1. The van der Waals surface area contributed by atoms with Gasteiger partial charge in [-0.15, -0.1) is 0 Å². The molecule has 2 N–H and O–H groups in total. The SMILES string of the molecule is CC(C)c1ncc(S(=O)(=O)NCCc2ccc([N+](=O)[O-])cc2)[nH]1. The van der Waals surface area contributed by atoms with E-state index in [-0.39, 0.29) is 23.2 Å². The molecule has 0 unspecified atom stereocenters. The zero-order chi connectivity index (χ0) is 17.0. The molecule has 2 rings (SSSR count). The van der Waals surface area contributed by atoms with E-state index in [4.69, 9.17) is 0 Å². The molecular weight excluding hydrogens is 320 g/mol. The van der Waals surface area contributed by atoms with E-state index in [1.54, 1.807) is 12.1 Å². The van der Waals surface area contributed by atoms with Crippen LogP contribution in [0.15, 0.2) is 35.5 Å². The zero-order valence-electron chi connectivity index (χ0n) is 12.8. The molecule has 0 aliphatic carbocycles. The second-order valence-electron chi connectivity index (χ2n) is 5.36. The number of hydrogen-bond acceptors (Lipinski definition) is 5. The lowest BCUT2D eigenvalue weighted by Gasteiger charge is -2.05. The number of nitrogens with one attached hydrogen (secondary N) is 2. The molecule has 124 valence electrons. The minimum Gasteiger partial charge on any atom is -0.332 e. The van der Waals surface area contributed by atoms with Gasteiger partial charge in [-0.3, -0.25) is 10.1 Å². The molecule has 0 saturated heterocycles. The van der Waals surface area contributed by atoms with Crippen LogP contribution in [0.4, 0.5) is 5.69 Å². The Kier molecular flexibility index (Phi) is 5.12. The Labute approximate surface area is 134 Å². The van der Waals surface area contributed by atoms with Crippen LogP contribution in [0.2, 0.25) is 0 Å². The number of non-ortho nitro benzene ring substituents is 1. The third-order valence-corrected chi connectivity index (χ3v) is 4.63. The number of benzene rings is 1. The van der Waals surface area contributed by atoms with Gasteiger partial charge in [0.25, 0.3) is 15.7 Å². The molecule has 0 saturated carbocycles. The number of H-pyrrole nitrogens is 1. The highest BCUT2D eigenvalue weighted by atomic mass is 32.2. The van der Waals surface area contributed by atoms with Crippen molar-refractivity contribution in [2.45, 2.75) is 31.2 Å². The first kappa shape index (κ1) is 17.1. The number of imidazole rings is 1. The van der Waals surface area contributed by atoms with E-state index in [0.29, 0.717) is 12.2 Å². The fraction of sp³-hybridized carbons (Fsp3) is 0.357. The van der Waals surface area contributed by atoms with Crippen LogP contribution in [0.5, 0.6) is 0 Å². The van der Waals surface area contributed by atoms with Crippen LogP contribution in [0.3, 0.4) is 0 Å². The van der Waals surface area contributed by atoms with Crippen molar-refractivity contribution in [2.75, 3.05) is 6.54 Å². The maximum absolute atomic E-state index is 12.1. The number of nitro groups is 1. The highest BCUT2D eigenvalue weighted by Crippen LogP contribution is 2.14. The third-order valence-electron chi connectivity index (χ3n) is 3.26. The summed E-state index contributed by atoms with van der Waals surface area (Å²) < 4.78 is 26.7. The number of hydrogen-bond donors (Lipinski definition) is 2. The first-order valence-electron chi connectivity index (χ1n) is 7.07. The second-order valence-corrected chi connectivity index (χ2v) is 7.09. The van der Waals surface area contributed by atoms with Crippen molar-refractivity contribution in [1.82, 2.24) is 14.7 Å². The summed E-state index contributed by atoms with van der Waals surface area (Å²) >= 11 is 0. The fourth-order valence-electron chi connectivity index (χ4n) is 1.94. The Morgan fingerprint density at radius 1 is 1.30 bits per heavy atom. The van der Waals surface area contributed by atoms with Crippen LogP contribution in [0, 0.1) is 10.1 Å². The first-order valence-corrected chi connectivity index (χ1v) is 8.56. The molecule has 0 radical (unpaired) electrons. The van der Waals surface area contributed by atoms with Gasteiger partial charge in [-0.2, -0.15) is 0 Å². The summed E-state index contributed by atoms with van der Waals surface area (Å²) in [6.45, 7) is 4.02. The molecule has 0 aliphatic heterocycles. The summed E-state index contributed by atoms with van der Waals surface area (Å²) in [5, 5.41) is 10.6. The Bertz CT molecular complexity index is 781. The van der Waals surface area contributed by atoms with Crippen LogP contribution >= 0.6 is 0 Å². The molecule has 0 bridgehead atoms. The topological polar surface area (TPSA) is 118 Å². The number of aromatic nitrogens is 2. The van der Waals surface area contributed by atoms with Gasteiger partial charge < -0.3 is 4.98 Å². The molecule has 1 aromatic carbocycles. The summed E-state index contributed by atoms with van der Waals surface area (Å²) in [6, 6.07) is 6.01. The zero-order valence-corrected chi connectivity index (χ0v) is 13.6. The molecule has 0 spiro atoms. The van der Waals surface area contributed by atoms with Gasteiger partial charge in [0, 0.05) is 24.6 Å². The van der Waals surface area contributed by atoms with Crippen molar-refractivity contribution in [3.05, 3.63) is 52.0 Å². The Hall–Kier alpha value is -2.26. The molecular formula is C14H18N4O4S. The largest absolute Gasteiger partial charge is 0.332 e. The lowest BCUT2D eigenvalue weighted by molar-refractivity contribution is -0.384. The van der Waals surface area contributed by atoms with Gasteiger partial charge in [0.2, 0.25) is 0 Å². The average Bonchev–Trinajstić information content (AvgIpc) is 2.98. The van der Waals surface area contributed by atoms with Crippen molar-refractivity contribution >= 4 is 15.7 Å². The monoisotopic (exact) mass is 338 g/mol. The molecule has 9 heteroatoms. The Morgan fingerprint density at radius 3 is 2.48 bits per heavy atom. The quantitative estimate of drug-likeness (QED) is 0.591. The molecule has 0 aliphatic rings. The third kappa shape index (κ3) is 4.36. The highest BCUT2D eigenvalue weighted by Gasteiger charge is 2.17. The minimum absolute atomic E-state index is 0.00741. The van der Waals surface area contributed by atoms with E-state index in [2.05, 4.69) is 14.7 Å². The predicted molar refractivity (Wildman–Crippen MR) is 84.7 cm³/mol. The molecule has 1 aromatic heterocycles. The second kappa shape index (κ2) is 6.88. The first-order chi connectivity index (χ1) is 10.8. The number of nitrogens with zero attached hydrogens (tertiary/aromatic N) is 2. The molecule has 2 aromatic rings. The minimum atomic E-state index is -3.64. The normalized spacial score (nSPS) is 11.8. The van der Waals surface area contributed by atoms with Crippen LogP contribution in [-0.2, 0) is 16.4 Å². The van der Waals surface area contributed by atoms with Gasteiger partial charge in [-0.1, -0.05) is 26.0 Å². The van der Waals surface area contributed by atoms with Crippen LogP contribution < -0.4 is 4.72 Å². The van der Waals surface area contributed by atoms with Crippen molar-refractivity contribution in [2.24, 2.45) is 0 Å². The summed E-state index contributed by atoms with van der Waals surface area (Å²) in [5.74, 6) is 0.722. The summed E-state index contributed by atoms with van der Waals surface area (Å²) in [4.78, 5) is 16.9. The molecule has 8 nitrogen and oxygen atoms in total. The molecule has 0 atom stereocenters. The van der Waals surface area contributed by atoms with Gasteiger partial charge in [0.1, 0.15) is 5.82 Å². The Morgan fingerprint density at radius 2 is 1.96 bits per heavy atom. The fourth-order valence-corrected chi connectivity index (χ4v) is 2.90. The summed E-state index contributed by atoms with van der Waals surface area (Å²) in [6.07, 6.45) is 1.73. The van der Waals surface area contributed by atoms with Gasteiger partial charge in [-0.25, -0.2) is 18.1 Å². The highest BCUT2D eigenvalue weighted by molar-refractivity contribution is 7.89. The number of aromatic amines is 1. The van der Waals surface area contributed by atoms with E-state index in [1.165, 1.54) is 18.3 Å². The molecule has 0 fully saturated rings. The predicted octanol–water partition coefficient (Wildman–Crippen LogP) is 1.96. The van der Waals surface area contributed by atoms with E-state index < -0.39 is 14.9 Å². The summed E-state index contributed by atoms with van der Waals surface area (Å²) in [7, 11) is -3.64. The van der Waals surface area contributed by atoms with Gasteiger partial charge in [0.05, 0.1) is 11.1 Å². The van der Waals surface area contributed by atoms with Crippen LogP contribution in [-0.4, -0.2) is 29.9 Å². The molecule has 1 heterocycles. The van der Waals surface area contributed by atoms with Gasteiger partial charge >= 0.3 is 0 Å². The number of rotatable bonds is 7. The number of nitro benzene ring substituents is 1. The number of sulfonamides is 1. The van der Waals surface area contributed by atoms with Crippen molar-refractivity contribution in [3.63, 3.8) is 0 Å². The Balaban J connectivity index is 1.95. The van der Waals surface area contributed by atoms with Crippen LogP contribution in [0.25, 0.3) is 0 Å².